The van der Waals surface area contributed by atoms with Crippen molar-refractivity contribution >= 4 is 17.4 Å². The lowest BCUT2D eigenvalue weighted by molar-refractivity contribution is 0.102. The first-order valence-corrected chi connectivity index (χ1v) is 7.81. The molecule has 0 radical (unpaired) electrons. The fourth-order valence-electron chi connectivity index (χ4n) is 2.47. The lowest BCUT2D eigenvalue weighted by atomic mass is 10.2. The number of halogens is 3. The molecule has 1 atom stereocenters. The van der Waals surface area contributed by atoms with E-state index in [1.165, 1.54) is 12.3 Å². The number of rotatable bonds is 5. The second-order valence-corrected chi connectivity index (χ2v) is 5.63. The summed E-state index contributed by atoms with van der Waals surface area (Å²) in [5, 5.41) is 5.30. The number of aromatic nitrogens is 1. The summed E-state index contributed by atoms with van der Waals surface area (Å²) < 4.78 is 45.1. The lowest BCUT2D eigenvalue weighted by Gasteiger charge is -2.11. The van der Waals surface area contributed by atoms with Gasteiger partial charge < -0.3 is 15.4 Å². The maximum Gasteiger partial charge on any atom is 0.257 e. The number of hydrogen-bond acceptors (Lipinski definition) is 4. The number of ether oxygens (including phenoxy) is 1. The third-order valence-electron chi connectivity index (χ3n) is 3.84. The second-order valence-electron chi connectivity index (χ2n) is 5.63. The number of pyridine rings is 1. The third-order valence-corrected chi connectivity index (χ3v) is 3.84. The van der Waals surface area contributed by atoms with Crippen LogP contribution in [0.1, 0.15) is 23.2 Å². The fraction of sp³-hybridized carbons (Fsp3) is 0.294. The number of hydrogen-bond donors (Lipinski definition) is 2. The van der Waals surface area contributed by atoms with Crippen molar-refractivity contribution in [1.29, 1.82) is 0 Å². The fourth-order valence-corrected chi connectivity index (χ4v) is 2.47. The van der Waals surface area contributed by atoms with Gasteiger partial charge in [0.05, 0.1) is 17.4 Å². The van der Waals surface area contributed by atoms with Gasteiger partial charge in [-0.05, 0) is 37.1 Å². The number of benzene rings is 1. The molecule has 0 bridgehead atoms. The van der Waals surface area contributed by atoms with E-state index in [2.05, 4.69) is 15.6 Å². The van der Waals surface area contributed by atoms with Gasteiger partial charge in [-0.2, -0.15) is 0 Å². The Morgan fingerprint density at radius 3 is 2.72 bits per heavy atom. The molecule has 1 fully saturated rings. The largest absolute Gasteiger partial charge is 0.376 e. The van der Waals surface area contributed by atoms with Crippen molar-refractivity contribution in [1.82, 2.24) is 4.98 Å². The van der Waals surface area contributed by atoms with Crippen LogP contribution in [0.25, 0.3) is 0 Å². The highest BCUT2D eigenvalue weighted by Gasteiger charge is 2.17. The number of anilines is 2. The third kappa shape index (κ3) is 4.08. The van der Waals surface area contributed by atoms with Gasteiger partial charge in [0.25, 0.3) is 5.91 Å². The summed E-state index contributed by atoms with van der Waals surface area (Å²) in [7, 11) is 0. The summed E-state index contributed by atoms with van der Waals surface area (Å²) in [5.41, 5.74) is -0.281. The molecule has 1 aliphatic rings. The van der Waals surface area contributed by atoms with Crippen LogP contribution in [0.15, 0.2) is 30.5 Å². The van der Waals surface area contributed by atoms with Crippen LogP contribution in [0.4, 0.5) is 24.7 Å². The average molecular weight is 351 g/mol. The van der Waals surface area contributed by atoms with Gasteiger partial charge in [-0.3, -0.25) is 4.79 Å². The summed E-state index contributed by atoms with van der Waals surface area (Å²) in [6.45, 7) is 1.39. The van der Waals surface area contributed by atoms with Crippen molar-refractivity contribution in [2.75, 3.05) is 23.8 Å². The topological polar surface area (TPSA) is 63.2 Å². The zero-order valence-corrected chi connectivity index (χ0v) is 13.2. The first-order chi connectivity index (χ1) is 12.0. The van der Waals surface area contributed by atoms with Crippen LogP contribution < -0.4 is 10.6 Å². The number of carbonyl (C=O) groups is 1. The average Bonchev–Trinajstić information content (AvgIpc) is 3.14. The van der Waals surface area contributed by atoms with Crippen LogP contribution in [0.5, 0.6) is 0 Å². The van der Waals surface area contributed by atoms with E-state index < -0.39 is 29.0 Å². The van der Waals surface area contributed by atoms with Crippen LogP contribution >= 0.6 is 0 Å². The molecule has 132 valence electrons. The molecule has 0 aliphatic carbocycles. The van der Waals surface area contributed by atoms with Crippen LogP contribution in [0.2, 0.25) is 0 Å². The second kappa shape index (κ2) is 7.52. The van der Waals surface area contributed by atoms with Crippen molar-refractivity contribution in [3.63, 3.8) is 0 Å². The van der Waals surface area contributed by atoms with Crippen LogP contribution in [-0.4, -0.2) is 30.1 Å². The highest BCUT2D eigenvalue weighted by Crippen LogP contribution is 2.20. The van der Waals surface area contributed by atoms with Crippen molar-refractivity contribution in [3.05, 3.63) is 53.5 Å². The highest BCUT2D eigenvalue weighted by atomic mass is 19.2. The predicted molar refractivity (Wildman–Crippen MR) is 86.0 cm³/mol. The Morgan fingerprint density at radius 1 is 1.20 bits per heavy atom. The monoisotopic (exact) mass is 351 g/mol. The standard InChI is InChI=1S/C17H16F3N3O2/c18-12-4-5-13(16(20)15(12)19)23-17(24)10-3-6-14(21-8-10)22-9-11-2-1-7-25-11/h3-6,8,11H,1-2,7,9H2,(H,21,22)(H,23,24). The first-order valence-electron chi connectivity index (χ1n) is 7.81. The zero-order valence-electron chi connectivity index (χ0n) is 13.2. The molecule has 2 heterocycles. The van der Waals surface area contributed by atoms with E-state index in [1.807, 2.05) is 0 Å². The molecular weight excluding hydrogens is 335 g/mol. The van der Waals surface area contributed by atoms with E-state index in [-0.39, 0.29) is 11.7 Å². The molecule has 25 heavy (non-hydrogen) atoms. The molecule has 0 saturated carbocycles. The van der Waals surface area contributed by atoms with Crippen LogP contribution in [0.3, 0.4) is 0 Å². The Morgan fingerprint density at radius 2 is 2.04 bits per heavy atom. The minimum absolute atomic E-state index is 0.154. The molecule has 1 unspecified atom stereocenters. The minimum atomic E-state index is -1.63. The molecule has 1 saturated heterocycles. The Kier molecular flexibility index (Phi) is 5.18. The van der Waals surface area contributed by atoms with Crippen LogP contribution in [0, 0.1) is 17.5 Å². The Hall–Kier alpha value is -2.61. The van der Waals surface area contributed by atoms with Gasteiger partial charge >= 0.3 is 0 Å². The molecule has 5 nitrogen and oxygen atoms in total. The first kappa shape index (κ1) is 17.2. The molecule has 1 aliphatic heterocycles. The van der Waals surface area contributed by atoms with Crippen molar-refractivity contribution in [2.24, 2.45) is 0 Å². The molecule has 0 spiro atoms. The molecule has 1 amide bonds. The van der Waals surface area contributed by atoms with Gasteiger partial charge in [-0.25, -0.2) is 18.2 Å². The molecule has 3 rings (SSSR count). The normalized spacial score (nSPS) is 16.7. The maximum absolute atomic E-state index is 13.6. The van der Waals surface area contributed by atoms with E-state index in [9.17, 15) is 18.0 Å². The zero-order chi connectivity index (χ0) is 17.8. The molecule has 1 aromatic carbocycles. The Balaban J connectivity index is 1.61. The van der Waals surface area contributed by atoms with Gasteiger partial charge in [-0.1, -0.05) is 0 Å². The molecule has 2 aromatic rings. The van der Waals surface area contributed by atoms with Crippen molar-refractivity contribution < 1.29 is 22.7 Å². The summed E-state index contributed by atoms with van der Waals surface area (Å²) in [6.07, 6.45) is 3.50. The van der Waals surface area contributed by atoms with Gasteiger partial charge in [0.2, 0.25) is 0 Å². The number of nitrogens with one attached hydrogen (secondary N) is 2. The van der Waals surface area contributed by atoms with Gasteiger partial charge in [0.1, 0.15) is 5.82 Å². The Bertz CT molecular complexity index is 762. The van der Waals surface area contributed by atoms with Crippen molar-refractivity contribution in [3.8, 4) is 0 Å². The van der Waals surface area contributed by atoms with E-state index in [0.29, 0.717) is 12.4 Å². The van der Waals surface area contributed by atoms with E-state index in [1.54, 1.807) is 6.07 Å². The van der Waals surface area contributed by atoms with E-state index in [0.717, 1.165) is 31.6 Å². The maximum atomic E-state index is 13.6. The SMILES string of the molecule is O=C(Nc1ccc(F)c(F)c1F)c1ccc(NCC2CCCO2)nc1. The Labute approximate surface area is 142 Å². The number of carbonyl (C=O) groups excluding carboxylic acids is 1. The predicted octanol–water partition coefficient (Wildman–Crippen LogP) is 3.34. The molecule has 8 heteroatoms. The molecule has 1 aromatic heterocycles. The van der Waals surface area contributed by atoms with E-state index >= 15 is 0 Å². The molecular formula is C17H16F3N3O2. The summed E-state index contributed by atoms with van der Waals surface area (Å²) >= 11 is 0. The molecule has 2 N–H and O–H groups in total. The quantitative estimate of drug-likeness (QED) is 0.811. The van der Waals surface area contributed by atoms with Gasteiger partial charge in [-0.15, -0.1) is 0 Å². The number of nitrogens with zero attached hydrogens (tertiary/aromatic N) is 1. The lowest BCUT2D eigenvalue weighted by Crippen LogP contribution is -2.19. The summed E-state index contributed by atoms with van der Waals surface area (Å²) in [6, 6.07) is 4.80. The van der Waals surface area contributed by atoms with Crippen molar-refractivity contribution in [2.45, 2.75) is 18.9 Å². The minimum Gasteiger partial charge on any atom is -0.376 e. The number of amides is 1. The van der Waals surface area contributed by atoms with Gasteiger partial charge in [0, 0.05) is 19.3 Å². The summed E-state index contributed by atoms with van der Waals surface area (Å²) in [4.78, 5) is 16.2. The van der Waals surface area contributed by atoms with E-state index in [4.69, 9.17) is 4.74 Å². The highest BCUT2D eigenvalue weighted by molar-refractivity contribution is 6.04. The summed E-state index contributed by atoms with van der Waals surface area (Å²) in [5.74, 6) is -4.51. The smallest absolute Gasteiger partial charge is 0.257 e. The van der Waals surface area contributed by atoms with Gasteiger partial charge in [0.15, 0.2) is 17.5 Å². The van der Waals surface area contributed by atoms with Crippen LogP contribution in [-0.2, 0) is 4.74 Å².